The highest BCUT2D eigenvalue weighted by Crippen LogP contribution is 2.33. The predicted octanol–water partition coefficient (Wildman–Crippen LogP) is 5.66. The standard InChI is InChI=1S/C18H19Br2F/c1-2-14-3-5-15(6-4-14)11-18(12-19,13-20)16-7-9-17(21)10-8-16/h3-10H,2,11-13H2,1H3. The van der Waals surface area contributed by atoms with E-state index in [0.717, 1.165) is 29.1 Å². The molecule has 0 spiro atoms. The Kier molecular flexibility index (Phi) is 6.00. The maximum absolute atomic E-state index is 13.2. The van der Waals surface area contributed by atoms with Crippen molar-refractivity contribution in [2.75, 3.05) is 10.7 Å². The third-order valence-electron chi connectivity index (χ3n) is 3.94. The molecule has 0 N–H and O–H groups in total. The molecule has 0 aromatic heterocycles. The minimum absolute atomic E-state index is 0.0680. The summed E-state index contributed by atoms with van der Waals surface area (Å²) >= 11 is 7.30. The zero-order valence-corrected chi connectivity index (χ0v) is 15.3. The van der Waals surface area contributed by atoms with Gasteiger partial charge in [0.1, 0.15) is 5.82 Å². The lowest BCUT2D eigenvalue weighted by Gasteiger charge is -2.31. The predicted molar refractivity (Wildman–Crippen MR) is 95.2 cm³/mol. The molecule has 0 fully saturated rings. The maximum atomic E-state index is 13.2. The molecule has 21 heavy (non-hydrogen) atoms. The second-order valence-electron chi connectivity index (χ2n) is 5.40. The van der Waals surface area contributed by atoms with Crippen molar-refractivity contribution in [2.45, 2.75) is 25.2 Å². The molecule has 112 valence electrons. The summed E-state index contributed by atoms with van der Waals surface area (Å²) in [5.74, 6) is -0.191. The van der Waals surface area contributed by atoms with Gasteiger partial charge in [-0.15, -0.1) is 0 Å². The van der Waals surface area contributed by atoms with Crippen molar-refractivity contribution in [3.05, 3.63) is 71.0 Å². The van der Waals surface area contributed by atoms with Crippen molar-refractivity contribution >= 4 is 31.9 Å². The zero-order chi connectivity index (χ0) is 15.3. The first-order chi connectivity index (χ1) is 10.1. The summed E-state index contributed by atoms with van der Waals surface area (Å²) in [6.07, 6.45) is 1.97. The molecule has 3 heteroatoms. The number of halogens is 3. The fourth-order valence-corrected chi connectivity index (χ4v) is 4.45. The van der Waals surface area contributed by atoms with Gasteiger partial charge in [-0.3, -0.25) is 0 Å². The zero-order valence-electron chi connectivity index (χ0n) is 12.1. The summed E-state index contributed by atoms with van der Waals surface area (Å²) < 4.78 is 13.2. The summed E-state index contributed by atoms with van der Waals surface area (Å²) in [4.78, 5) is 0. The van der Waals surface area contributed by atoms with Crippen LogP contribution in [0.4, 0.5) is 4.39 Å². The lowest BCUT2D eigenvalue weighted by Crippen LogP contribution is -2.33. The van der Waals surface area contributed by atoms with E-state index in [0.29, 0.717) is 0 Å². The molecule has 2 aromatic carbocycles. The van der Waals surface area contributed by atoms with E-state index < -0.39 is 0 Å². The van der Waals surface area contributed by atoms with Crippen LogP contribution in [0, 0.1) is 5.82 Å². The first-order valence-electron chi connectivity index (χ1n) is 7.09. The summed E-state index contributed by atoms with van der Waals surface area (Å²) in [6.45, 7) is 2.16. The quantitative estimate of drug-likeness (QED) is 0.536. The summed E-state index contributed by atoms with van der Waals surface area (Å²) in [5, 5.41) is 1.65. The monoisotopic (exact) mass is 412 g/mol. The van der Waals surface area contributed by atoms with Gasteiger partial charge in [0.05, 0.1) is 0 Å². The fraction of sp³-hybridized carbons (Fsp3) is 0.333. The molecule has 0 saturated heterocycles. The van der Waals surface area contributed by atoms with Crippen LogP contribution >= 0.6 is 31.9 Å². The molecule has 2 aromatic rings. The van der Waals surface area contributed by atoms with E-state index in [9.17, 15) is 4.39 Å². The van der Waals surface area contributed by atoms with Crippen LogP contribution in [-0.2, 0) is 18.3 Å². The molecule has 0 heterocycles. The number of hydrogen-bond acceptors (Lipinski definition) is 0. The van der Waals surface area contributed by atoms with Crippen LogP contribution in [0.5, 0.6) is 0 Å². The van der Waals surface area contributed by atoms with Gasteiger partial charge in [-0.05, 0) is 41.7 Å². The van der Waals surface area contributed by atoms with Crippen molar-refractivity contribution in [1.82, 2.24) is 0 Å². The SMILES string of the molecule is CCc1ccc(CC(CBr)(CBr)c2ccc(F)cc2)cc1. The number of alkyl halides is 2. The molecule has 0 aliphatic heterocycles. The van der Waals surface area contributed by atoms with Crippen molar-refractivity contribution in [3.8, 4) is 0 Å². The Hall–Kier alpha value is -0.670. The first-order valence-corrected chi connectivity index (χ1v) is 9.33. The maximum Gasteiger partial charge on any atom is 0.123 e. The Morgan fingerprint density at radius 1 is 0.857 bits per heavy atom. The second-order valence-corrected chi connectivity index (χ2v) is 6.52. The topological polar surface area (TPSA) is 0 Å². The Labute approximate surface area is 143 Å². The van der Waals surface area contributed by atoms with E-state index in [-0.39, 0.29) is 11.2 Å². The van der Waals surface area contributed by atoms with Gasteiger partial charge in [-0.1, -0.05) is 75.2 Å². The Morgan fingerprint density at radius 2 is 1.38 bits per heavy atom. The molecule has 2 rings (SSSR count). The number of rotatable bonds is 6. The molecular weight excluding hydrogens is 395 g/mol. The van der Waals surface area contributed by atoms with E-state index >= 15 is 0 Å². The third kappa shape index (κ3) is 3.95. The molecule has 0 nitrogen and oxygen atoms in total. The Morgan fingerprint density at radius 3 is 1.86 bits per heavy atom. The average molecular weight is 414 g/mol. The van der Waals surface area contributed by atoms with Gasteiger partial charge in [-0.2, -0.15) is 0 Å². The van der Waals surface area contributed by atoms with Crippen LogP contribution in [0.1, 0.15) is 23.6 Å². The van der Waals surface area contributed by atoms with Gasteiger partial charge < -0.3 is 0 Å². The summed E-state index contributed by atoms with van der Waals surface area (Å²) in [6, 6.07) is 15.6. The van der Waals surface area contributed by atoms with Crippen LogP contribution in [0.3, 0.4) is 0 Å². The van der Waals surface area contributed by atoms with Gasteiger partial charge in [0.15, 0.2) is 0 Å². The van der Waals surface area contributed by atoms with Crippen molar-refractivity contribution in [2.24, 2.45) is 0 Å². The third-order valence-corrected chi connectivity index (χ3v) is 6.09. The Bertz CT molecular complexity index is 557. The van der Waals surface area contributed by atoms with Gasteiger partial charge in [0.2, 0.25) is 0 Å². The summed E-state index contributed by atoms with van der Waals surface area (Å²) in [5.41, 5.74) is 3.73. The number of hydrogen-bond donors (Lipinski definition) is 0. The summed E-state index contributed by atoms with van der Waals surface area (Å²) in [7, 11) is 0. The van der Waals surface area contributed by atoms with Crippen molar-refractivity contribution in [3.63, 3.8) is 0 Å². The van der Waals surface area contributed by atoms with Gasteiger partial charge in [0.25, 0.3) is 0 Å². The van der Waals surface area contributed by atoms with E-state index in [1.54, 1.807) is 0 Å². The minimum Gasteiger partial charge on any atom is -0.207 e. The highest BCUT2D eigenvalue weighted by Gasteiger charge is 2.30. The fourth-order valence-electron chi connectivity index (χ4n) is 2.47. The van der Waals surface area contributed by atoms with Crippen LogP contribution in [0.25, 0.3) is 0 Å². The van der Waals surface area contributed by atoms with Crippen LogP contribution in [0.15, 0.2) is 48.5 Å². The van der Waals surface area contributed by atoms with E-state index in [1.165, 1.54) is 23.3 Å². The lowest BCUT2D eigenvalue weighted by molar-refractivity contribution is 0.547. The molecule has 0 bridgehead atoms. The lowest BCUT2D eigenvalue weighted by atomic mass is 9.79. The normalized spacial score (nSPS) is 11.6. The van der Waals surface area contributed by atoms with Crippen molar-refractivity contribution in [1.29, 1.82) is 0 Å². The molecular formula is C18H19Br2F. The molecule has 0 aliphatic rings. The second kappa shape index (κ2) is 7.55. The smallest absolute Gasteiger partial charge is 0.123 e. The molecule has 0 atom stereocenters. The molecule has 0 amide bonds. The van der Waals surface area contributed by atoms with E-state index in [2.05, 4.69) is 63.0 Å². The minimum atomic E-state index is -0.191. The number of benzene rings is 2. The van der Waals surface area contributed by atoms with Gasteiger partial charge in [-0.25, -0.2) is 4.39 Å². The molecule has 0 radical (unpaired) electrons. The Balaban J connectivity index is 2.30. The van der Waals surface area contributed by atoms with E-state index in [1.807, 2.05) is 12.1 Å². The molecule has 0 aliphatic carbocycles. The van der Waals surface area contributed by atoms with E-state index in [4.69, 9.17) is 0 Å². The first kappa shape index (κ1) is 16.7. The number of aryl methyl sites for hydroxylation is 1. The average Bonchev–Trinajstić information content (AvgIpc) is 2.54. The van der Waals surface area contributed by atoms with Crippen LogP contribution in [-0.4, -0.2) is 10.7 Å². The molecule has 0 saturated carbocycles. The van der Waals surface area contributed by atoms with Crippen LogP contribution in [0.2, 0.25) is 0 Å². The van der Waals surface area contributed by atoms with Crippen molar-refractivity contribution < 1.29 is 4.39 Å². The van der Waals surface area contributed by atoms with Crippen LogP contribution < -0.4 is 0 Å². The van der Waals surface area contributed by atoms with Gasteiger partial charge in [0, 0.05) is 16.1 Å². The molecule has 0 unspecified atom stereocenters. The van der Waals surface area contributed by atoms with Gasteiger partial charge >= 0.3 is 0 Å². The highest BCUT2D eigenvalue weighted by atomic mass is 79.9. The largest absolute Gasteiger partial charge is 0.207 e. The highest BCUT2D eigenvalue weighted by molar-refractivity contribution is 9.09.